The molecule has 1 aromatic carbocycles. The lowest BCUT2D eigenvalue weighted by molar-refractivity contribution is -0.120. The van der Waals surface area contributed by atoms with Gasteiger partial charge in [0.1, 0.15) is 5.75 Å². The fourth-order valence-corrected chi connectivity index (χ4v) is 1.78. The standard InChI is InChI=1S/C14H19NO4/c1-4-9(5-2)13(17)15-11-7-6-10(8-12(11)16)14(18)19-3/h6-9,16H,4-5H2,1-3H3,(H,15,17). The van der Waals surface area contributed by atoms with Crippen molar-refractivity contribution in [3.63, 3.8) is 0 Å². The summed E-state index contributed by atoms with van der Waals surface area (Å²) in [5.41, 5.74) is 0.532. The van der Waals surface area contributed by atoms with Crippen LogP contribution >= 0.6 is 0 Å². The molecule has 104 valence electrons. The van der Waals surface area contributed by atoms with E-state index in [2.05, 4.69) is 10.1 Å². The van der Waals surface area contributed by atoms with Crippen LogP contribution in [0.5, 0.6) is 5.75 Å². The SMILES string of the molecule is CCC(CC)C(=O)Nc1ccc(C(=O)OC)cc1O. The zero-order valence-corrected chi connectivity index (χ0v) is 11.4. The highest BCUT2D eigenvalue weighted by Crippen LogP contribution is 2.25. The fraction of sp³-hybridized carbons (Fsp3) is 0.429. The van der Waals surface area contributed by atoms with Crippen LogP contribution in [0.3, 0.4) is 0 Å². The maximum absolute atomic E-state index is 11.9. The van der Waals surface area contributed by atoms with Gasteiger partial charge < -0.3 is 15.2 Å². The molecular weight excluding hydrogens is 246 g/mol. The molecule has 0 aromatic heterocycles. The molecule has 0 aliphatic rings. The maximum atomic E-state index is 11.9. The van der Waals surface area contributed by atoms with Gasteiger partial charge in [0.25, 0.3) is 0 Å². The molecule has 5 heteroatoms. The predicted octanol–water partition coefficient (Wildman–Crippen LogP) is 2.55. The summed E-state index contributed by atoms with van der Waals surface area (Å²) in [4.78, 5) is 23.2. The Morgan fingerprint density at radius 1 is 1.32 bits per heavy atom. The summed E-state index contributed by atoms with van der Waals surface area (Å²) < 4.78 is 4.55. The van der Waals surface area contributed by atoms with Crippen LogP contribution in [0.1, 0.15) is 37.0 Å². The second-order valence-corrected chi connectivity index (χ2v) is 4.23. The highest BCUT2D eigenvalue weighted by atomic mass is 16.5. The first-order chi connectivity index (χ1) is 9.03. The molecule has 0 heterocycles. The van der Waals surface area contributed by atoms with Gasteiger partial charge in [0.05, 0.1) is 18.4 Å². The zero-order valence-electron chi connectivity index (χ0n) is 11.4. The first kappa shape index (κ1) is 15.0. The molecule has 0 unspecified atom stereocenters. The predicted molar refractivity (Wildman–Crippen MR) is 72.1 cm³/mol. The normalized spacial score (nSPS) is 10.3. The number of nitrogens with one attached hydrogen (secondary N) is 1. The molecule has 2 N–H and O–H groups in total. The van der Waals surface area contributed by atoms with Crippen molar-refractivity contribution in [3.05, 3.63) is 23.8 Å². The van der Waals surface area contributed by atoms with Gasteiger partial charge in [-0.15, -0.1) is 0 Å². The van der Waals surface area contributed by atoms with Crippen molar-refractivity contribution in [3.8, 4) is 5.75 Å². The molecule has 0 atom stereocenters. The average Bonchev–Trinajstić information content (AvgIpc) is 2.41. The highest BCUT2D eigenvalue weighted by molar-refractivity contribution is 5.95. The molecular formula is C14H19NO4. The Morgan fingerprint density at radius 2 is 1.95 bits per heavy atom. The number of hydrogen-bond donors (Lipinski definition) is 2. The van der Waals surface area contributed by atoms with Crippen LogP contribution in [0.15, 0.2) is 18.2 Å². The Bertz CT molecular complexity index is 467. The molecule has 0 fully saturated rings. The monoisotopic (exact) mass is 265 g/mol. The number of phenols is 1. The number of esters is 1. The van der Waals surface area contributed by atoms with Crippen LogP contribution in [0.2, 0.25) is 0 Å². The maximum Gasteiger partial charge on any atom is 0.337 e. The molecule has 1 aromatic rings. The number of aromatic hydroxyl groups is 1. The van der Waals surface area contributed by atoms with E-state index in [-0.39, 0.29) is 23.1 Å². The number of carbonyl (C=O) groups is 2. The van der Waals surface area contributed by atoms with Crippen LogP contribution in [0.25, 0.3) is 0 Å². The van der Waals surface area contributed by atoms with Gasteiger partial charge in [-0.25, -0.2) is 4.79 Å². The van der Waals surface area contributed by atoms with Crippen molar-refractivity contribution in [1.29, 1.82) is 0 Å². The van der Waals surface area contributed by atoms with E-state index in [0.717, 1.165) is 12.8 Å². The van der Waals surface area contributed by atoms with Gasteiger partial charge in [-0.3, -0.25) is 4.79 Å². The Morgan fingerprint density at radius 3 is 2.42 bits per heavy atom. The summed E-state index contributed by atoms with van der Waals surface area (Å²) in [5, 5.41) is 12.4. The van der Waals surface area contributed by atoms with Gasteiger partial charge in [-0.1, -0.05) is 13.8 Å². The van der Waals surface area contributed by atoms with Crippen molar-refractivity contribution in [2.24, 2.45) is 5.92 Å². The number of ether oxygens (including phenoxy) is 1. The molecule has 0 radical (unpaired) electrons. The molecule has 0 spiro atoms. The van der Waals surface area contributed by atoms with Crippen molar-refractivity contribution < 1.29 is 19.4 Å². The van der Waals surface area contributed by atoms with Crippen LogP contribution in [-0.2, 0) is 9.53 Å². The number of methoxy groups -OCH3 is 1. The van der Waals surface area contributed by atoms with Gasteiger partial charge in [-0.05, 0) is 31.0 Å². The van der Waals surface area contributed by atoms with Crippen molar-refractivity contribution in [1.82, 2.24) is 0 Å². The average molecular weight is 265 g/mol. The Hall–Kier alpha value is -2.04. The summed E-state index contributed by atoms with van der Waals surface area (Å²) >= 11 is 0. The number of rotatable bonds is 5. The van der Waals surface area contributed by atoms with Crippen LogP contribution in [0.4, 0.5) is 5.69 Å². The van der Waals surface area contributed by atoms with Crippen LogP contribution in [-0.4, -0.2) is 24.1 Å². The van der Waals surface area contributed by atoms with Crippen molar-refractivity contribution >= 4 is 17.6 Å². The topological polar surface area (TPSA) is 75.6 Å². The quantitative estimate of drug-likeness (QED) is 0.633. The summed E-state index contributed by atoms with van der Waals surface area (Å²) in [7, 11) is 1.27. The second kappa shape index (κ2) is 6.78. The highest BCUT2D eigenvalue weighted by Gasteiger charge is 2.16. The molecule has 19 heavy (non-hydrogen) atoms. The third kappa shape index (κ3) is 3.71. The zero-order chi connectivity index (χ0) is 14.4. The van der Waals surface area contributed by atoms with Gasteiger partial charge in [0.2, 0.25) is 5.91 Å². The van der Waals surface area contributed by atoms with Crippen molar-refractivity contribution in [2.45, 2.75) is 26.7 Å². The van der Waals surface area contributed by atoms with Crippen LogP contribution in [0, 0.1) is 5.92 Å². The van der Waals surface area contributed by atoms with Gasteiger partial charge in [0, 0.05) is 5.92 Å². The minimum atomic E-state index is -0.534. The molecule has 0 saturated carbocycles. The molecule has 1 amide bonds. The first-order valence-corrected chi connectivity index (χ1v) is 6.25. The van der Waals surface area contributed by atoms with E-state index in [0.29, 0.717) is 5.69 Å². The molecule has 1 rings (SSSR count). The molecule has 0 aliphatic carbocycles. The van der Waals surface area contributed by atoms with E-state index in [9.17, 15) is 14.7 Å². The number of carbonyl (C=O) groups excluding carboxylic acids is 2. The number of hydrogen-bond acceptors (Lipinski definition) is 4. The third-order valence-electron chi connectivity index (χ3n) is 3.03. The number of phenolic OH excluding ortho intramolecular Hbond substituents is 1. The van der Waals surface area contributed by atoms with E-state index in [4.69, 9.17) is 0 Å². The number of anilines is 1. The van der Waals surface area contributed by atoms with Crippen LogP contribution < -0.4 is 5.32 Å². The summed E-state index contributed by atoms with van der Waals surface area (Å²) in [6.07, 6.45) is 1.48. The Balaban J connectivity index is 2.86. The largest absolute Gasteiger partial charge is 0.506 e. The lowest BCUT2D eigenvalue weighted by Crippen LogP contribution is -2.21. The lowest BCUT2D eigenvalue weighted by atomic mass is 10.0. The van der Waals surface area contributed by atoms with Crippen molar-refractivity contribution in [2.75, 3.05) is 12.4 Å². The summed E-state index contributed by atoms with van der Waals surface area (Å²) in [6.45, 7) is 3.88. The number of benzene rings is 1. The van der Waals surface area contributed by atoms with Gasteiger partial charge >= 0.3 is 5.97 Å². The minimum Gasteiger partial charge on any atom is -0.506 e. The third-order valence-corrected chi connectivity index (χ3v) is 3.03. The van der Waals surface area contributed by atoms with Gasteiger partial charge in [-0.2, -0.15) is 0 Å². The lowest BCUT2D eigenvalue weighted by Gasteiger charge is -2.14. The van der Waals surface area contributed by atoms with E-state index >= 15 is 0 Å². The Kier molecular flexibility index (Phi) is 5.36. The van der Waals surface area contributed by atoms with E-state index in [1.807, 2.05) is 13.8 Å². The van der Waals surface area contributed by atoms with E-state index < -0.39 is 5.97 Å². The van der Waals surface area contributed by atoms with E-state index in [1.54, 1.807) is 0 Å². The molecule has 0 bridgehead atoms. The molecule has 0 aliphatic heterocycles. The first-order valence-electron chi connectivity index (χ1n) is 6.25. The molecule has 0 saturated heterocycles. The summed E-state index contributed by atoms with van der Waals surface area (Å²) in [6, 6.07) is 4.25. The van der Waals surface area contributed by atoms with E-state index in [1.165, 1.54) is 25.3 Å². The molecule has 5 nitrogen and oxygen atoms in total. The van der Waals surface area contributed by atoms with Gasteiger partial charge in [0.15, 0.2) is 0 Å². The minimum absolute atomic E-state index is 0.0836. The fourth-order valence-electron chi connectivity index (χ4n) is 1.78. The number of amides is 1. The summed E-state index contributed by atoms with van der Waals surface area (Å²) in [5.74, 6) is -0.902. The second-order valence-electron chi connectivity index (χ2n) is 4.23. The Labute approximate surface area is 112 Å². The smallest absolute Gasteiger partial charge is 0.337 e.